The zero-order valence-electron chi connectivity index (χ0n) is 29.0. The molecule has 2 N–H and O–H groups in total. The SMILES string of the molecule is COc1cc(C(=O)N2C[C@H](F)C[C@@H](NC(=O)OC(C)(C)C)C2)cn2nc(-c3sc4cccc(-c5cnn(CCO)c5)c4c3CC3CC3)c(C)c12. The van der Waals surface area contributed by atoms with E-state index in [2.05, 4.69) is 28.6 Å². The number of alkyl carbamates (subject to hydrolysis) is 1. The second kappa shape index (κ2) is 13.3. The Morgan fingerprint density at radius 3 is 2.70 bits per heavy atom. The van der Waals surface area contributed by atoms with Gasteiger partial charge in [0.2, 0.25) is 0 Å². The molecule has 2 atom stereocenters. The minimum Gasteiger partial charge on any atom is -0.494 e. The fraction of sp³-hybridized carbons (Fsp3) is 0.459. The number of aliphatic hydroxyl groups excluding tert-OH is 1. The largest absolute Gasteiger partial charge is 0.494 e. The third-order valence-corrected chi connectivity index (χ3v) is 10.5. The summed E-state index contributed by atoms with van der Waals surface area (Å²) in [7, 11) is 1.57. The molecule has 13 heteroatoms. The van der Waals surface area contributed by atoms with Crippen molar-refractivity contribution in [3.63, 3.8) is 0 Å². The lowest BCUT2D eigenvalue weighted by atomic mass is 9.96. The van der Waals surface area contributed by atoms with Gasteiger partial charge in [-0.2, -0.15) is 10.2 Å². The minimum absolute atomic E-state index is 0.0189. The molecule has 50 heavy (non-hydrogen) atoms. The van der Waals surface area contributed by atoms with E-state index < -0.39 is 23.9 Å². The van der Waals surface area contributed by atoms with Crippen LogP contribution in [0.5, 0.6) is 5.75 Å². The number of ether oxygens (including phenoxy) is 2. The highest BCUT2D eigenvalue weighted by atomic mass is 32.1. The van der Waals surface area contributed by atoms with Crippen molar-refractivity contribution in [1.82, 2.24) is 29.6 Å². The molecule has 4 aromatic heterocycles. The number of fused-ring (bicyclic) bond motifs is 2. The van der Waals surface area contributed by atoms with E-state index in [1.54, 1.807) is 60.7 Å². The second-order valence-corrected chi connectivity index (χ2v) is 15.5. The topological polar surface area (TPSA) is 123 Å². The number of methoxy groups -OCH3 is 1. The van der Waals surface area contributed by atoms with Crippen LogP contribution in [0, 0.1) is 12.8 Å². The maximum absolute atomic E-state index is 14.9. The average molecular weight is 703 g/mol. The molecule has 1 aliphatic carbocycles. The van der Waals surface area contributed by atoms with Crippen LogP contribution in [0.15, 0.2) is 42.9 Å². The molecule has 2 amide bonds. The maximum Gasteiger partial charge on any atom is 0.407 e. The normalized spacial score (nSPS) is 18.2. The monoisotopic (exact) mass is 702 g/mol. The Morgan fingerprint density at radius 1 is 1.18 bits per heavy atom. The van der Waals surface area contributed by atoms with Crippen molar-refractivity contribution in [2.75, 3.05) is 26.8 Å². The van der Waals surface area contributed by atoms with E-state index in [0.717, 1.165) is 43.9 Å². The third-order valence-electron chi connectivity index (χ3n) is 9.30. The molecule has 0 radical (unpaired) electrons. The number of nitrogens with one attached hydrogen (secondary N) is 1. The molecule has 1 saturated heterocycles. The van der Waals surface area contributed by atoms with Gasteiger partial charge in [0, 0.05) is 46.6 Å². The van der Waals surface area contributed by atoms with Crippen molar-refractivity contribution in [3.8, 4) is 27.4 Å². The number of hydrogen-bond acceptors (Lipinski definition) is 8. The number of likely N-dealkylation sites (tertiary alicyclic amines) is 1. The lowest BCUT2D eigenvalue weighted by Crippen LogP contribution is -2.54. The van der Waals surface area contributed by atoms with Gasteiger partial charge in [0.1, 0.15) is 28.7 Å². The molecular formula is C37H43FN6O5S. The first-order valence-electron chi connectivity index (χ1n) is 17.1. The van der Waals surface area contributed by atoms with Gasteiger partial charge < -0.3 is 24.8 Å². The van der Waals surface area contributed by atoms with Gasteiger partial charge in [0.15, 0.2) is 0 Å². The number of piperidine rings is 1. The number of hydrogen-bond donors (Lipinski definition) is 2. The van der Waals surface area contributed by atoms with Crippen LogP contribution in [0.25, 0.3) is 37.3 Å². The molecule has 5 aromatic rings. The van der Waals surface area contributed by atoms with E-state index in [4.69, 9.17) is 14.6 Å². The van der Waals surface area contributed by atoms with Crippen LogP contribution in [0.2, 0.25) is 0 Å². The number of rotatable bonds is 9. The van der Waals surface area contributed by atoms with Gasteiger partial charge in [0.25, 0.3) is 5.91 Å². The Balaban J connectivity index is 1.25. The van der Waals surface area contributed by atoms with Crippen molar-refractivity contribution < 1.29 is 28.6 Å². The van der Waals surface area contributed by atoms with Gasteiger partial charge >= 0.3 is 6.09 Å². The lowest BCUT2D eigenvalue weighted by molar-refractivity contribution is 0.0394. The minimum atomic E-state index is -1.30. The van der Waals surface area contributed by atoms with E-state index in [0.29, 0.717) is 23.8 Å². The third kappa shape index (κ3) is 6.80. The van der Waals surface area contributed by atoms with Gasteiger partial charge in [-0.1, -0.05) is 12.1 Å². The standard InChI is InChI=1S/C37H43FN6O5S/c1-21-32(34-28(13-22-9-10-22)31-27(7-6-8-30(31)50-34)24-16-39-43(17-24)11-12-45)41-44-18-23(14-29(48-5)33(21)44)35(46)42-19-25(38)15-26(20-42)40-36(47)49-37(2,3)4/h6-8,14,16-18,22,25-26,45H,9-13,15,19-20H2,1-5H3,(H,40,47)/t25-,26-/m1/s1. The number of carbonyl (C=O) groups excluding carboxylic acids is 2. The zero-order valence-corrected chi connectivity index (χ0v) is 29.8. The predicted molar refractivity (Wildman–Crippen MR) is 191 cm³/mol. The van der Waals surface area contributed by atoms with E-state index in [1.807, 2.05) is 19.3 Å². The highest BCUT2D eigenvalue weighted by molar-refractivity contribution is 7.22. The molecular weight excluding hydrogens is 660 g/mol. The van der Waals surface area contributed by atoms with Crippen molar-refractivity contribution in [2.24, 2.45) is 5.92 Å². The molecule has 0 bridgehead atoms. The molecule has 2 fully saturated rings. The number of pyridine rings is 1. The summed E-state index contributed by atoms with van der Waals surface area (Å²) in [6.07, 6.45) is 6.99. The molecule has 264 valence electrons. The number of alkyl halides is 1. The fourth-order valence-corrected chi connectivity index (χ4v) is 8.22. The number of amides is 2. The first-order valence-corrected chi connectivity index (χ1v) is 17.9. The average Bonchev–Trinajstić information content (AvgIpc) is 3.47. The summed E-state index contributed by atoms with van der Waals surface area (Å²) in [6.45, 7) is 7.83. The molecule has 1 aliphatic heterocycles. The number of benzene rings is 1. The summed E-state index contributed by atoms with van der Waals surface area (Å²) in [4.78, 5) is 28.8. The summed E-state index contributed by atoms with van der Waals surface area (Å²) < 4.78 is 30.8. The van der Waals surface area contributed by atoms with Crippen molar-refractivity contribution in [1.29, 1.82) is 0 Å². The Hall–Kier alpha value is -4.49. The summed E-state index contributed by atoms with van der Waals surface area (Å²) in [5.74, 6) is 0.734. The number of nitrogens with zero attached hydrogens (tertiary/aromatic N) is 5. The first kappa shape index (κ1) is 34.0. The Bertz CT molecular complexity index is 2080. The van der Waals surface area contributed by atoms with Crippen LogP contribution >= 0.6 is 11.3 Å². The maximum atomic E-state index is 14.9. The van der Waals surface area contributed by atoms with E-state index >= 15 is 0 Å². The number of carbonyl (C=O) groups is 2. The van der Waals surface area contributed by atoms with Crippen LogP contribution < -0.4 is 10.1 Å². The van der Waals surface area contributed by atoms with E-state index in [1.165, 1.54) is 28.7 Å². The lowest BCUT2D eigenvalue weighted by Gasteiger charge is -2.35. The molecule has 0 unspecified atom stereocenters. The smallest absolute Gasteiger partial charge is 0.407 e. The van der Waals surface area contributed by atoms with Crippen molar-refractivity contribution in [3.05, 3.63) is 59.5 Å². The summed E-state index contributed by atoms with van der Waals surface area (Å²) in [6, 6.07) is 7.44. The molecule has 2 aliphatic rings. The van der Waals surface area contributed by atoms with Crippen LogP contribution in [0.3, 0.4) is 0 Å². The first-order chi connectivity index (χ1) is 23.9. The number of thiophene rings is 1. The van der Waals surface area contributed by atoms with Crippen LogP contribution in [-0.2, 0) is 17.7 Å². The van der Waals surface area contributed by atoms with Gasteiger partial charge in [-0.15, -0.1) is 11.3 Å². The molecule has 0 spiro atoms. The molecule has 7 rings (SSSR count). The highest BCUT2D eigenvalue weighted by Crippen LogP contribution is 2.47. The van der Waals surface area contributed by atoms with Gasteiger partial charge in [-0.05, 0) is 76.1 Å². The van der Waals surface area contributed by atoms with Gasteiger partial charge in [-0.25, -0.2) is 13.7 Å². The summed E-state index contributed by atoms with van der Waals surface area (Å²) >= 11 is 1.71. The van der Waals surface area contributed by atoms with E-state index in [-0.39, 0.29) is 32.0 Å². The Labute approximate surface area is 294 Å². The Kier molecular flexibility index (Phi) is 9.06. The molecule has 5 heterocycles. The van der Waals surface area contributed by atoms with E-state index in [9.17, 15) is 19.1 Å². The molecule has 11 nitrogen and oxygen atoms in total. The number of halogens is 1. The quantitative estimate of drug-likeness (QED) is 0.182. The van der Waals surface area contributed by atoms with Gasteiger partial charge in [-0.3, -0.25) is 9.48 Å². The van der Waals surface area contributed by atoms with Crippen molar-refractivity contribution >= 4 is 38.9 Å². The fourth-order valence-electron chi connectivity index (χ4n) is 6.92. The molecule has 1 aromatic carbocycles. The number of aliphatic hydroxyl groups is 1. The number of aryl methyl sites for hydroxylation is 1. The number of aromatic nitrogens is 4. The zero-order chi connectivity index (χ0) is 35.3. The van der Waals surface area contributed by atoms with Crippen LogP contribution in [0.1, 0.15) is 61.5 Å². The van der Waals surface area contributed by atoms with Crippen molar-refractivity contribution in [2.45, 2.75) is 77.7 Å². The predicted octanol–water partition coefficient (Wildman–Crippen LogP) is 6.42. The van der Waals surface area contributed by atoms with Crippen LogP contribution in [0.4, 0.5) is 9.18 Å². The summed E-state index contributed by atoms with van der Waals surface area (Å²) in [5, 5.41) is 22.9. The Morgan fingerprint density at radius 2 is 1.98 bits per heavy atom. The second-order valence-electron chi connectivity index (χ2n) is 14.4. The highest BCUT2D eigenvalue weighted by Gasteiger charge is 2.34. The summed E-state index contributed by atoms with van der Waals surface area (Å²) in [5.41, 5.74) is 5.49. The molecule has 1 saturated carbocycles. The van der Waals surface area contributed by atoms with Crippen LogP contribution in [-0.4, -0.2) is 86.0 Å². The van der Waals surface area contributed by atoms with Gasteiger partial charge in [0.05, 0.1) is 49.5 Å².